The van der Waals surface area contributed by atoms with Gasteiger partial charge in [0.05, 0.1) is 12.7 Å². The second kappa shape index (κ2) is 8.45. The molecule has 3 rings (SSSR count). The van der Waals surface area contributed by atoms with Crippen molar-refractivity contribution in [1.82, 2.24) is 9.97 Å². The molecule has 0 saturated carbocycles. The molecule has 2 aromatic heterocycles. The first kappa shape index (κ1) is 17.9. The highest BCUT2D eigenvalue weighted by Gasteiger charge is 2.09. The fraction of sp³-hybridized carbons (Fsp3) is 0.100. The topological polar surface area (TPSA) is 99.9 Å². The van der Waals surface area contributed by atoms with Crippen LogP contribution in [0.4, 0.5) is 11.6 Å². The van der Waals surface area contributed by atoms with Gasteiger partial charge in [-0.25, -0.2) is 9.97 Å². The van der Waals surface area contributed by atoms with Gasteiger partial charge in [0.15, 0.2) is 0 Å². The molecule has 27 heavy (non-hydrogen) atoms. The van der Waals surface area contributed by atoms with E-state index in [0.29, 0.717) is 35.1 Å². The number of benzene rings is 1. The van der Waals surface area contributed by atoms with Crippen molar-refractivity contribution >= 4 is 17.5 Å². The third-order valence-electron chi connectivity index (χ3n) is 3.79. The van der Waals surface area contributed by atoms with Gasteiger partial charge in [-0.05, 0) is 35.9 Å². The Balaban J connectivity index is 1.69. The molecule has 0 aliphatic heterocycles. The average molecular weight is 359 g/mol. The zero-order valence-corrected chi connectivity index (χ0v) is 14.6. The number of carbonyl (C=O) groups excluding carboxylic acids is 1. The number of ether oxygens (including phenoxy) is 1. The molecule has 1 aromatic carbocycles. The number of aromatic nitrogens is 2. The first-order chi connectivity index (χ1) is 13.2. The summed E-state index contributed by atoms with van der Waals surface area (Å²) < 4.78 is 5.13. The van der Waals surface area contributed by atoms with Crippen LogP contribution in [0.3, 0.4) is 0 Å². The van der Waals surface area contributed by atoms with Gasteiger partial charge in [-0.2, -0.15) is 5.26 Å². The van der Waals surface area contributed by atoms with Crippen LogP contribution in [0.15, 0.2) is 60.9 Å². The number of rotatable bonds is 6. The van der Waals surface area contributed by atoms with Crippen molar-refractivity contribution in [2.24, 2.45) is 0 Å². The number of hydrogen-bond donors (Lipinski definition) is 2. The number of amides is 1. The van der Waals surface area contributed by atoms with Crippen LogP contribution in [-0.2, 0) is 6.54 Å². The van der Waals surface area contributed by atoms with E-state index in [1.54, 1.807) is 62.0 Å². The lowest BCUT2D eigenvalue weighted by molar-refractivity contribution is 0.102. The summed E-state index contributed by atoms with van der Waals surface area (Å²) in [6.07, 6.45) is 3.18. The summed E-state index contributed by atoms with van der Waals surface area (Å²) in [5.74, 6) is 1.26. The van der Waals surface area contributed by atoms with E-state index in [-0.39, 0.29) is 5.91 Å². The summed E-state index contributed by atoms with van der Waals surface area (Å²) >= 11 is 0. The standard InChI is InChI=1S/C20H17N5O2/c1-27-17-7-9-22-18(11-17)25-20(26)15-5-2-4-14(10-15)13-24-19-16(12-21)6-3-8-23-19/h2-11H,13H2,1H3,(H,23,24)(H,22,25,26). The maximum Gasteiger partial charge on any atom is 0.256 e. The molecule has 2 heterocycles. The van der Waals surface area contributed by atoms with Gasteiger partial charge in [0.2, 0.25) is 0 Å². The maximum atomic E-state index is 12.5. The quantitative estimate of drug-likeness (QED) is 0.701. The Hall–Kier alpha value is -3.92. The van der Waals surface area contributed by atoms with Gasteiger partial charge in [-0.3, -0.25) is 4.79 Å². The molecule has 7 heteroatoms. The lowest BCUT2D eigenvalue weighted by atomic mass is 10.1. The molecule has 0 unspecified atom stereocenters. The molecule has 2 N–H and O–H groups in total. The van der Waals surface area contributed by atoms with E-state index in [2.05, 4.69) is 26.7 Å². The number of nitrogens with zero attached hydrogens (tertiary/aromatic N) is 3. The second-order valence-electron chi connectivity index (χ2n) is 5.60. The SMILES string of the molecule is COc1ccnc(NC(=O)c2cccc(CNc3ncccc3C#N)c2)c1. The summed E-state index contributed by atoms with van der Waals surface area (Å²) in [4.78, 5) is 20.7. The fourth-order valence-corrected chi connectivity index (χ4v) is 2.44. The van der Waals surface area contributed by atoms with E-state index < -0.39 is 0 Å². The minimum atomic E-state index is -0.270. The highest BCUT2D eigenvalue weighted by molar-refractivity contribution is 6.03. The van der Waals surface area contributed by atoms with Crippen LogP contribution in [0.1, 0.15) is 21.5 Å². The van der Waals surface area contributed by atoms with Crippen molar-refractivity contribution in [3.05, 3.63) is 77.6 Å². The summed E-state index contributed by atoms with van der Waals surface area (Å²) in [7, 11) is 1.55. The van der Waals surface area contributed by atoms with Crippen LogP contribution in [0.5, 0.6) is 5.75 Å². The zero-order valence-electron chi connectivity index (χ0n) is 14.6. The Labute approximate surface area is 156 Å². The van der Waals surface area contributed by atoms with Crippen molar-refractivity contribution in [3.8, 4) is 11.8 Å². The minimum Gasteiger partial charge on any atom is -0.497 e. The van der Waals surface area contributed by atoms with Crippen molar-refractivity contribution < 1.29 is 9.53 Å². The van der Waals surface area contributed by atoms with E-state index in [9.17, 15) is 4.79 Å². The molecule has 7 nitrogen and oxygen atoms in total. The van der Waals surface area contributed by atoms with Gasteiger partial charge < -0.3 is 15.4 Å². The molecule has 1 amide bonds. The molecule has 0 fully saturated rings. The highest BCUT2D eigenvalue weighted by atomic mass is 16.5. The summed E-state index contributed by atoms with van der Waals surface area (Å²) in [6, 6.07) is 16.0. The summed E-state index contributed by atoms with van der Waals surface area (Å²) in [6.45, 7) is 0.435. The number of methoxy groups -OCH3 is 1. The van der Waals surface area contributed by atoms with Crippen molar-refractivity contribution in [3.63, 3.8) is 0 Å². The summed E-state index contributed by atoms with van der Waals surface area (Å²) in [5.41, 5.74) is 1.85. The van der Waals surface area contributed by atoms with Gasteiger partial charge in [-0.15, -0.1) is 0 Å². The second-order valence-corrected chi connectivity index (χ2v) is 5.60. The predicted molar refractivity (Wildman–Crippen MR) is 101 cm³/mol. The number of nitrogens with one attached hydrogen (secondary N) is 2. The van der Waals surface area contributed by atoms with Crippen LogP contribution in [0.25, 0.3) is 0 Å². The van der Waals surface area contributed by atoms with E-state index in [4.69, 9.17) is 10.00 Å². The van der Waals surface area contributed by atoms with Crippen molar-refractivity contribution in [2.45, 2.75) is 6.54 Å². The maximum absolute atomic E-state index is 12.5. The first-order valence-electron chi connectivity index (χ1n) is 8.19. The fourth-order valence-electron chi connectivity index (χ4n) is 2.44. The van der Waals surface area contributed by atoms with Crippen LogP contribution in [-0.4, -0.2) is 23.0 Å². The number of hydrogen-bond acceptors (Lipinski definition) is 6. The number of pyridine rings is 2. The molecule has 3 aromatic rings. The lowest BCUT2D eigenvalue weighted by Crippen LogP contribution is -2.13. The van der Waals surface area contributed by atoms with Crippen LogP contribution in [0, 0.1) is 11.3 Å². The third-order valence-corrected chi connectivity index (χ3v) is 3.79. The smallest absolute Gasteiger partial charge is 0.256 e. The van der Waals surface area contributed by atoms with Gasteiger partial charge in [0.1, 0.15) is 23.5 Å². The van der Waals surface area contributed by atoms with Crippen LogP contribution < -0.4 is 15.4 Å². The van der Waals surface area contributed by atoms with Gasteiger partial charge in [-0.1, -0.05) is 12.1 Å². The molecule has 0 bridgehead atoms. The number of carbonyl (C=O) groups is 1. The first-order valence-corrected chi connectivity index (χ1v) is 8.19. The Morgan fingerprint density at radius 1 is 1.15 bits per heavy atom. The van der Waals surface area contributed by atoms with Crippen LogP contribution >= 0.6 is 0 Å². The molecule has 0 aliphatic carbocycles. The third kappa shape index (κ3) is 4.58. The normalized spacial score (nSPS) is 9.93. The molecule has 0 saturated heterocycles. The van der Waals surface area contributed by atoms with E-state index in [1.807, 2.05) is 6.07 Å². The van der Waals surface area contributed by atoms with E-state index >= 15 is 0 Å². The molecular weight excluding hydrogens is 342 g/mol. The Morgan fingerprint density at radius 2 is 2.04 bits per heavy atom. The minimum absolute atomic E-state index is 0.270. The lowest BCUT2D eigenvalue weighted by Gasteiger charge is -2.09. The van der Waals surface area contributed by atoms with Gasteiger partial charge >= 0.3 is 0 Å². The Morgan fingerprint density at radius 3 is 2.85 bits per heavy atom. The van der Waals surface area contributed by atoms with E-state index in [1.165, 1.54) is 0 Å². The van der Waals surface area contributed by atoms with Gasteiger partial charge in [0.25, 0.3) is 5.91 Å². The summed E-state index contributed by atoms with van der Waals surface area (Å²) in [5, 5.41) is 15.0. The van der Waals surface area contributed by atoms with Crippen molar-refractivity contribution in [1.29, 1.82) is 5.26 Å². The van der Waals surface area contributed by atoms with Crippen molar-refractivity contribution in [2.75, 3.05) is 17.7 Å². The van der Waals surface area contributed by atoms with Crippen LogP contribution in [0.2, 0.25) is 0 Å². The molecule has 0 aliphatic rings. The van der Waals surface area contributed by atoms with Gasteiger partial charge in [0, 0.05) is 30.6 Å². The number of anilines is 2. The largest absolute Gasteiger partial charge is 0.497 e. The monoisotopic (exact) mass is 359 g/mol. The Kier molecular flexibility index (Phi) is 5.60. The molecule has 0 atom stereocenters. The van der Waals surface area contributed by atoms with E-state index in [0.717, 1.165) is 5.56 Å². The average Bonchev–Trinajstić information content (AvgIpc) is 2.72. The highest BCUT2D eigenvalue weighted by Crippen LogP contribution is 2.16. The zero-order chi connectivity index (χ0) is 19.1. The number of nitriles is 1. The molecular formula is C20H17N5O2. The predicted octanol–water partition coefficient (Wildman–Crippen LogP) is 3.22. The molecule has 0 radical (unpaired) electrons. The Bertz CT molecular complexity index is 997. The molecule has 0 spiro atoms. The molecule has 134 valence electrons.